The van der Waals surface area contributed by atoms with Gasteiger partial charge in [0, 0.05) is 5.56 Å². The molecule has 0 saturated heterocycles. The molecule has 0 radical (unpaired) electrons. The summed E-state index contributed by atoms with van der Waals surface area (Å²) in [6, 6.07) is 19.4. The molecule has 0 aliphatic carbocycles. The van der Waals surface area contributed by atoms with Crippen molar-refractivity contribution in [1.29, 1.82) is 0 Å². The number of rotatable bonds is 10. The molecule has 3 rings (SSSR count). The van der Waals surface area contributed by atoms with E-state index in [9.17, 15) is 13.2 Å². The highest BCUT2D eigenvalue weighted by atomic mass is 32.2. The van der Waals surface area contributed by atoms with Gasteiger partial charge in [0.25, 0.3) is 10.0 Å². The number of benzene rings is 3. The molecular formula is C25H28N2O6S. The minimum absolute atomic E-state index is 0.0659. The molecule has 0 aliphatic heterocycles. The maximum absolute atomic E-state index is 13.5. The van der Waals surface area contributed by atoms with Gasteiger partial charge in [-0.1, -0.05) is 30.3 Å². The zero-order chi connectivity index (χ0) is 24.7. The van der Waals surface area contributed by atoms with Crippen LogP contribution in [0, 0.1) is 0 Å². The van der Waals surface area contributed by atoms with Gasteiger partial charge < -0.3 is 19.5 Å². The number of methoxy groups -OCH3 is 3. The van der Waals surface area contributed by atoms with Crippen LogP contribution in [0.15, 0.2) is 77.7 Å². The number of para-hydroxylation sites is 2. The number of ether oxygens (including phenoxy) is 3. The number of hydrogen-bond acceptors (Lipinski definition) is 6. The first-order valence-corrected chi connectivity index (χ1v) is 12.0. The Kier molecular flexibility index (Phi) is 8.01. The highest BCUT2D eigenvalue weighted by molar-refractivity contribution is 7.92. The maximum atomic E-state index is 13.5. The second kappa shape index (κ2) is 10.9. The zero-order valence-corrected chi connectivity index (χ0v) is 20.3. The molecular weight excluding hydrogens is 456 g/mol. The molecule has 0 saturated carbocycles. The Morgan fingerprint density at radius 2 is 1.53 bits per heavy atom. The quantitative estimate of drug-likeness (QED) is 0.471. The van der Waals surface area contributed by atoms with Crippen molar-refractivity contribution in [3.8, 4) is 17.2 Å². The Labute approximate surface area is 200 Å². The largest absolute Gasteiger partial charge is 0.497 e. The predicted octanol–water partition coefficient (Wildman–Crippen LogP) is 3.79. The molecule has 8 nitrogen and oxygen atoms in total. The fourth-order valence-corrected chi connectivity index (χ4v) is 4.98. The molecule has 0 unspecified atom stereocenters. The average molecular weight is 485 g/mol. The first kappa shape index (κ1) is 24.9. The van der Waals surface area contributed by atoms with E-state index in [4.69, 9.17) is 14.2 Å². The minimum atomic E-state index is -4.06. The van der Waals surface area contributed by atoms with E-state index in [1.807, 2.05) is 0 Å². The first-order chi connectivity index (χ1) is 16.3. The third-order valence-corrected chi connectivity index (χ3v) is 7.03. The third-order valence-electron chi connectivity index (χ3n) is 5.25. The number of amides is 1. The first-order valence-electron chi connectivity index (χ1n) is 10.5. The second-order valence-corrected chi connectivity index (χ2v) is 9.26. The monoisotopic (exact) mass is 484 g/mol. The van der Waals surface area contributed by atoms with Crippen molar-refractivity contribution in [3.05, 3.63) is 78.4 Å². The Balaban J connectivity index is 1.94. The van der Waals surface area contributed by atoms with Gasteiger partial charge in [0.2, 0.25) is 5.91 Å². The molecule has 3 aromatic rings. The normalized spacial score (nSPS) is 11.9. The molecule has 1 amide bonds. The van der Waals surface area contributed by atoms with E-state index >= 15 is 0 Å². The molecule has 1 N–H and O–H groups in total. The summed E-state index contributed by atoms with van der Waals surface area (Å²) in [5.41, 5.74) is 0.959. The topological polar surface area (TPSA) is 94.2 Å². The molecule has 0 heterocycles. The summed E-state index contributed by atoms with van der Waals surface area (Å²) in [5.74, 6) is 1.02. The standard InChI is InChI=1S/C25H28N2O6S/c1-18(21-16-19(31-2)14-15-23(21)32-3)26-25(28)17-27(22-12-8-9-13-24(22)33-4)34(29,30)20-10-6-5-7-11-20/h5-16,18H,17H2,1-4H3,(H,26,28)/t18-/m1/s1. The summed E-state index contributed by atoms with van der Waals surface area (Å²) in [5, 5.41) is 2.86. The number of nitrogens with one attached hydrogen (secondary N) is 1. The van der Waals surface area contributed by atoms with Gasteiger partial charge >= 0.3 is 0 Å². The number of sulfonamides is 1. The van der Waals surface area contributed by atoms with Gasteiger partial charge in [-0.2, -0.15) is 0 Å². The van der Waals surface area contributed by atoms with Crippen LogP contribution in [0.2, 0.25) is 0 Å². The van der Waals surface area contributed by atoms with Crippen LogP contribution in [0.3, 0.4) is 0 Å². The van der Waals surface area contributed by atoms with Crippen LogP contribution in [0.25, 0.3) is 0 Å². The number of nitrogens with zero attached hydrogens (tertiary/aromatic N) is 1. The summed E-state index contributed by atoms with van der Waals surface area (Å²) in [4.78, 5) is 13.2. The molecule has 3 aromatic carbocycles. The van der Waals surface area contributed by atoms with Crippen LogP contribution in [0.1, 0.15) is 18.5 Å². The summed E-state index contributed by atoms with van der Waals surface area (Å²) < 4.78 is 44.2. The van der Waals surface area contributed by atoms with Gasteiger partial charge in [-0.15, -0.1) is 0 Å². The third kappa shape index (κ3) is 5.43. The average Bonchev–Trinajstić information content (AvgIpc) is 2.87. The minimum Gasteiger partial charge on any atom is -0.497 e. The van der Waals surface area contributed by atoms with Crippen LogP contribution in [0.5, 0.6) is 17.2 Å². The van der Waals surface area contributed by atoms with E-state index in [0.717, 1.165) is 4.31 Å². The van der Waals surface area contributed by atoms with Gasteiger partial charge in [0.05, 0.1) is 38.0 Å². The lowest BCUT2D eigenvalue weighted by atomic mass is 10.1. The second-order valence-electron chi connectivity index (χ2n) is 7.39. The predicted molar refractivity (Wildman–Crippen MR) is 130 cm³/mol. The number of hydrogen-bond donors (Lipinski definition) is 1. The van der Waals surface area contributed by atoms with Crippen molar-refractivity contribution in [3.63, 3.8) is 0 Å². The van der Waals surface area contributed by atoms with Crippen LogP contribution in [-0.2, 0) is 14.8 Å². The van der Waals surface area contributed by atoms with Crippen molar-refractivity contribution in [2.45, 2.75) is 17.9 Å². The van der Waals surface area contributed by atoms with E-state index < -0.39 is 28.5 Å². The maximum Gasteiger partial charge on any atom is 0.264 e. The van der Waals surface area contributed by atoms with Gasteiger partial charge in [-0.3, -0.25) is 9.10 Å². The Hall–Kier alpha value is -3.72. The van der Waals surface area contributed by atoms with Crippen molar-refractivity contribution >= 4 is 21.6 Å². The molecule has 180 valence electrons. The zero-order valence-electron chi connectivity index (χ0n) is 19.5. The van der Waals surface area contributed by atoms with Gasteiger partial charge in [-0.25, -0.2) is 8.42 Å². The Morgan fingerprint density at radius 3 is 2.18 bits per heavy atom. The van der Waals surface area contributed by atoms with Crippen LogP contribution >= 0.6 is 0 Å². The highest BCUT2D eigenvalue weighted by Crippen LogP contribution is 2.33. The molecule has 1 atom stereocenters. The van der Waals surface area contributed by atoms with E-state index in [-0.39, 0.29) is 10.6 Å². The Morgan fingerprint density at radius 1 is 0.882 bits per heavy atom. The number of anilines is 1. The lowest BCUT2D eigenvalue weighted by molar-refractivity contribution is -0.120. The van der Waals surface area contributed by atoms with E-state index in [1.54, 1.807) is 74.7 Å². The van der Waals surface area contributed by atoms with Crippen molar-refractivity contribution in [2.24, 2.45) is 0 Å². The number of carbonyl (C=O) groups is 1. The van der Waals surface area contributed by atoms with Gasteiger partial charge in [0.15, 0.2) is 0 Å². The molecule has 0 aliphatic rings. The lowest BCUT2D eigenvalue weighted by Gasteiger charge is -2.26. The highest BCUT2D eigenvalue weighted by Gasteiger charge is 2.30. The smallest absolute Gasteiger partial charge is 0.264 e. The summed E-state index contributed by atoms with van der Waals surface area (Å²) in [6.45, 7) is 1.34. The molecule has 0 spiro atoms. The van der Waals surface area contributed by atoms with Gasteiger partial charge in [-0.05, 0) is 49.4 Å². The summed E-state index contributed by atoms with van der Waals surface area (Å²) in [7, 11) is 0.477. The fraction of sp³-hybridized carbons (Fsp3) is 0.240. The van der Waals surface area contributed by atoms with E-state index in [2.05, 4.69) is 5.32 Å². The summed E-state index contributed by atoms with van der Waals surface area (Å²) in [6.07, 6.45) is 0. The fourth-order valence-electron chi connectivity index (χ4n) is 3.53. The molecule has 0 fully saturated rings. The SMILES string of the molecule is COc1ccc(OC)c([C@@H](C)NC(=O)CN(c2ccccc2OC)S(=O)(=O)c2ccccc2)c1. The Bertz CT molecular complexity index is 1230. The van der Waals surface area contributed by atoms with E-state index in [0.29, 0.717) is 22.8 Å². The van der Waals surface area contributed by atoms with Crippen LogP contribution < -0.4 is 23.8 Å². The van der Waals surface area contributed by atoms with Gasteiger partial charge in [0.1, 0.15) is 23.8 Å². The van der Waals surface area contributed by atoms with E-state index in [1.165, 1.54) is 26.4 Å². The number of carbonyl (C=O) groups excluding carboxylic acids is 1. The molecule has 9 heteroatoms. The van der Waals surface area contributed by atoms with Crippen molar-refractivity contribution < 1.29 is 27.4 Å². The van der Waals surface area contributed by atoms with Crippen LogP contribution in [-0.4, -0.2) is 42.2 Å². The lowest BCUT2D eigenvalue weighted by Crippen LogP contribution is -2.41. The molecule has 0 aromatic heterocycles. The van der Waals surface area contributed by atoms with Crippen molar-refractivity contribution in [1.82, 2.24) is 5.32 Å². The van der Waals surface area contributed by atoms with Crippen LogP contribution in [0.4, 0.5) is 5.69 Å². The summed E-state index contributed by atoms with van der Waals surface area (Å²) >= 11 is 0. The van der Waals surface area contributed by atoms with Crippen molar-refractivity contribution in [2.75, 3.05) is 32.2 Å². The molecule has 0 bridgehead atoms. The molecule has 34 heavy (non-hydrogen) atoms.